The maximum atomic E-state index is 12.8. The van der Waals surface area contributed by atoms with Crippen LogP contribution in [0, 0.1) is 0 Å². The van der Waals surface area contributed by atoms with Crippen LogP contribution in [-0.2, 0) is 12.7 Å². The summed E-state index contributed by atoms with van der Waals surface area (Å²) in [5.74, 6) is 0. The topological polar surface area (TPSA) is 32.3 Å². The van der Waals surface area contributed by atoms with Crippen molar-refractivity contribution in [1.82, 2.24) is 5.32 Å². The zero-order valence-electron chi connectivity index (χ0n) is 10.6. The van der Waals surface area contributed by atoms with Gasteiger partial charge in [0.05, 0.1) is 11.2 Å². The van der Waals surface area contributed by atoms with Crippen LogP contribution in [0.25, 0.3) is 0 Å². The van der Waals surface area contributed by atoms with Crippen molar-refractivity contribution in [3.05, 3.63) is 35.4 Å². The van der Waals surface area contributed by atoms with Crippen molar-refractivity contribution < 1.29 is 18.3 Å². The highest BCUT2D eigenvalue weighted by molar-refractivity contribution is 5.29. The molecule has 1 aliphatic carbocycles. The minimum Gasteiger partial charge on any atom is -0.389 e. The van der Waals surface area contributed by atoms with Gasteiger partial charge in [-0.3, -0.25) is 0 Å². The smallest absolute Gasteiger partial charge is 0.389 e. The lowest BCUT2D eigenvalue weighted by atomic mass is 10.0. The molecule has 1 aromatic carbocycles. The Kier molecular flexibility index (Phi) is 4.16. The van der Waals surface area contributed by atoms with Crippen LogP contribution in [0.1, 0.15) is 36.8 Å². The fraction of sp³-hybridized carbons (Fsp3) is 0.571. The molecule has 1 fully saturated rings. The van der Waals surface area contributed by atoms with Crippen molar-refractivity contribution in [3.63, 3.8) is 0 Å². The second kappa shape index (κ2) is 5.51. The lowest BCUT2D eigenvalue weighted by Gasteiger charge is -2.23. The van der Waals surface area contributed by atoms with Gasteiger partial charge in [0.15, 0.2) is 0 Å². The molecule has 0 spiro atoms. The van der Waals surface area contributed by atoms with Gasteiger partial charge in [0, 0.05) is 13.1 Å². The van der Waals surface area contributed by atoms with Crippen LogP contribution in [0.3, 0.4) is 0 Å². The molecule has 0 aromatic heterocycles. The summed E-state index contributed by atoms with van der Waals surface area (Å²) >= 11 is 0. The summed E-state index contributed by atoms with van der Waals surface area (Å²) < 4.78 is 38.3. The average Bonchev–Trinajstić information content (AvgIpc) is 2.76. The maximum absolute atomic E-state index is 12.8. The first kappa shape index (κ1) is 14.3. The van der Waals surface area contributed by atoms with E-state index in [-0.39, 0.29) is 12.1 Å². The zero-order valence-corrected chi connectivity index (χ0v) is 10.6. The van der Waals surface area contributed by atoms with Crippen molar-refractivity contribution >= 4 is 0 Å². The van der Waals surface area contributed by atoms with E-state index < -0.39 is 17.3 Å². The highest BCUT2D eigenvalue weighted by Crippen LogP contribution is 2.32. The van der Waals surface area contributed by atoms with Gasteiger partial charge in [0.25, 0.3) is 0 Å². The van der Waals surface area contributed by atoms with E-state index in [0.29, 0.717) is 6.54 Å². The molecule has 0 amide bonds. The molecule has 0 saturated heterocycles. The van der Waals surface area contributed by atoms with E-state index in [4.69, 9.17) is 0 Å². The number of benzene rings is 1. The SMILES string of the molecule is OC1(CNCc2ccccc2C(F)(F)F)CCCC1. The molecule has 1 aromatic rings. The number of aliphatic hydroxyl groups is 1. The fourth-order valence-corrected chi connectivity index (χ4v) is 2.59. The Bertz CT molecular complexity index is 425. The molecule has 0 atom stereocenters. The van der Waals surface area contributed by atoms with Gasteiger partial charge in [-0.1, -0.05) is 31.0 Å². The third-order valence-electron chi connectivity index (χ3n) is 3.63. The minimum absolute atomic E-state index is 0.123. The molecular formula is C14H18F3NO. The Labute approximate surface area is 110 Å². The first-order valence-corrected chi connectivity index (χ1v) is 6.49. The van der Waals surface area contributed by atoms with Crippen LogP contribution in [-0.4, -0.2) is 17.3 Å². The molecule has 0 unspecified atom stereocenters. The van der Waals surface area contributed by atoms with Crippen LogP contribution in [0.5, 0.6) is 0 Å². The molecule has 2 N–H and O–H groups in total. The van der Waals surface area contributed by atoms with Crippen molar-refractivity contribution in [2.45, 2.75) is 44.0 Å². The monoisotopic (exact) mass is 273 g/mol. The van der Waals surface area contributed by atoms with E-state index in [1.54, 1.807) is 6.07 Å². The number of alkyl halides is 3. The van der Waals surface area contributed by atoms with E-state index in [1.807, 2.05) is 0 Å². The van der Waals surface area contributed by atoms with E-state index in [2.05, 4.69) is 5.32 Å². The van der Waals surface area contributed by atoms with Gasteiger partial charge in [-0.05, 0) is 24.5 Å². The first-order chi connectivity index (χ1) is 8.91. The largest absolute Gasteiger partial charge is 0.416 e. The molecule has 0 bridgehead atoms. The Morgan fingerprint density at radius 1 is 1.16 bits per heavy atom. The molecule has 19 heavy (non-hydrogen) atoms. The molecule has 0 radical (unpaired) electrons. The quantitative estimate of drug-likeness (QED) is 0.883. The van der Waals surface area contributed by atoms with Crippen LogP contribution < -0.4 is 5.32 Å². The Hall–Kier alpha value is -1.07. The molecule has 1 saturated carbocycles. The van der Waals surface area contributed by atoms with E-state index in [0.717, 1.165) is 31.7 Å². The number of hydrogen-bond acceptors (Lipinski definition) is 2. The van der Waals surface area contributed by atoms with Gasteiger partial charge in [-0.2, -0.15) is 13.2 Å². The van der Waals surface area contributed by atoms with Crippen molar-refractivity contribution in [2.75, 3.05) is 6.54 Å². The average molecular weight is 273 g/mol. The summed E-state index contributed by atoms with van der Waals surface area (Å²) in [6.45, 7) is 0.469. The van der Waals surface area contributed by atoms with Crippen LogP contribution in [0.4, 0.5) is 13.2 Å². The van der Waals surface area contributed by atoms with Crippen LogP contribution >= 0.6 is 0 Å². The van der Waals surface area contributed by atoms with Gasteiger partial charge < -0.3 is 10.4 Å². The number of halogens is 3. The molecule has 2 nitrogen and oxygen atoms in total. The minimum atomic E-state index is -4.33. The second-order valence-corrected chi connectivity index (χ2v) is 5.19. The summed E-state index contributed by atoms with van der Waals surface area (Å²) in [5.41, 5.74) is -1.13. The predicted molar refractivity (Wildman–Crippen MR) is 66.6 cm³/mol. The molecule has 5 heteroatoms. The Morgan fingerprint density at radius 2 is 1.79 bits per heavy atom. The highest BCUT2D eigenvalue weighted by Gasteiger charge is 2.33. The van der Waals surface area contributed by atoms with Gasteiger partial charge in [0.2, 0.25) is 0 Å². The van der Waals surface area contributed by atoms with Crippen molar-refractivity contribution in [2.24, 2.45) is 0 Å². The second-order valence-electron chi connectivity index (χ2n) is 5.19. The third-order valence-corrected chi connectivity index (χ3v) is 3.63. The van der Waals surface area contributed by atoms with Gasteiger partial charge in [-0.25, -0.2) is 0 Å². The molecule has 2 rings (SSSR count). The Morgan fingerprint density at radius 3 is 2.42 bits per heavy atom. The van der Waals surface area contributed by atoms with E-state index in [1.165, 1.54) is 12.1 Å². The normalized spacial score (nSPS) is 18.7. The molecule has 0 aliphatic heterocycles. The number of hydrogen-bond donors (Lipinski definition) is 2. The lowest BCUT2D eigenvalue weighted by molar-refractivity contribution is -0.138. The highest BCUT2D eigenvalue weighted by atomic mass is 19.4. The fourth-order valence-electron chi connectivity index (χ4n) is 2.59. The molecule has 106 valence electrons. The maximum Gasteiger partial charge on any atom is 0.416 e. The first-order valence-electron chi connectivity index (χ1n) is 6.49. The van der Waals surface area contributed by atoms with Crippen LogP contribution in [0.2, 0.25) is 0 Å². The summed E-state index contributed by atoms with van der Waals surface area (Å²) in [7, 11) is 0. The van der Waals surface area contributed by atoms with Gasteiger partial charge >= 0.3 is 6.18 Å². The van der Waals surface area contributed by atoms with E-state index in [9.17, 15) is 18.3 Å². The summed E-state index contributed by atoms with van der Waals surface area (Å²) in [4.78, 5) is 0. The summed E-state index contributed by atoms with van der Waals surface area (Å²) in [6.07, 6.45) is -0.918. The van der Waals surface area contributed by atoms with Crippen molar-refractivity contribution in [3.8, 4) is 0 Å². The van der Waals surface area contributed by atoms with E-state index >= 15 is 0 Å². The number of rotatable bonds is 4. The molecular weight excluding hydrogens is 255 g/mol. The van der Waals surface area contributed by atoms with Gasteiger partial charge in [-0.15, -0.1) is 0 Å². The van der Waals surface area contributed by atoms with Crippen molar-refractivity contribution in [1.29, 1.82) is 0 Å². The molecule has 0 heterocycles. The number of nitrogens with one attached hydrogen (secondary N) is 1. The predicted octanol–water partition coefficient (Wildman–Crippen LogP) is 3.10. The van der Waals surface area contributed by atoms with Crippen LogP contribution in [0.15, 0.2) is 24.3 Å². The lowest BCUT2D eigenvalue weighted by Crippen LogP contribution is -2.37. The zero-order chi connectivity index (χ0) is 13.9. The summed E-state index contributed by atoms with van der Waals surface area (Å²) in [6, 6.07) is 5.53. The summed E-state index contributed by atoms with van der Waals surface area (Å²) in [5, 5.41) is 13.1. The third kappa shape index (κ3) is 3.70. The standard InChI is InChI=1S/C14H18F3NO/c15-14(16,17)12-6-2-1-5-11(12)9-18-10-13(19)7-3-4-8-13/h1-2,5-6,18-19H,3-4,7-10H2. The Balaban J connectivity index is 1.96. The molecule has 1 aliphatic rings. The van der Waals surface area contributed by atoms with Gasteiger partial charge in [0.1, 0.15) is 0 Å².